The lowest BCUT2D eigenvalue weighted by molar-refractivity contribution is -0.130. The molecule has 0 spiro atoms. The maximum Gasteiger partial charge on any atom is 0.235 e. The summed E-state index contributed by atoms with van der Waals surface area (Å²) in [6.07, 6.45) is 1.61. The lowest BCUT2D eigenvalue weighted by atomic mass is 10.2. The van der Waals surface area contributed by atoms with Crippen molar-refractivity contribution < 1.29 is 4.79 Å². The number of benzene rings is 1. The van der Waals surface area contributed by atoms with Gasteiger partial charge in [0.05, 0.1) is 5.25 Å². The Kier molecular flexibility index (Phi) is 5.55. The molecule has 0 unspecified atom stereocenters. The zero-order chi connectivity index (χ0) is 19.7. The highest BCUT2D eigenvalue weighted by Crippen LogP contribution is 2.36. The van der Waals surface area contributed by atoms with E-state index in [0.29, 0.717) is 0 Å². The van der Waals surface area contributed by atoms with E-state index in [1.54, 1.807) is 29.4 Å². The van der Waals surface area contributed by atoms with Gasteiger partial charge in [-0.25, -0.2) is 9.97 Å². The molecule has 3 heterocycles. The average molecular weight is 413 g/mol. The first-order valence-electron chi connectivity index (χ1n) is 9.50. The van der Waals surface area contributed by atoms with E-state index in [1.165, 1.54) is 16.1 Å². The van der Waals surface area contributed by atoms with E-state index in [9.17, 15) is 4.79 Å². The molecule has 7 heteroatoms. The second kappa shape index (κ2) is 8.09. The summed E-state index contributed by atoms with van der Waals surface area (Å²) in [6, 6.07) is 10.4. The highest BCUT2D eigenvalue weighted by molar-refractivity contribution is 8.00. The third-order valence-electron chi connectivity index (χ3n) is 5.28. The van der Waals surface area contributed by atoms with Crippen molar-refractivity contribution in [1.29, 1.82) is 0 Å². The standard InChI is InChI=1S/C21H24N4OS2/c1-14-15(2)27-19-18(14)20(23-13-22-19)28-16(3)21(26)25-11-9-24(10-12-25)17-7-5-4-6-8-17/h4-8,13,16H,9-12H2,1-3H3/t16-/m1/s1. The van der Waals surface area contributed by atoms with Crippen LogP contribution in [-0.2, 0) is 4.79 Å². The van der Waals surface area contributed by atoms with Crippen LogP contribution in [0.1, 0.15) is 17.4 Å². The molecular formula is C21H24N4OS2. The number of aryl methyl sites for hydroxylation is 2. The maximum absolute atomic E-state index is 13.0. The van der Waals surface area contributed by atoms with E-state index >= 15 is 0 Å². The number of rotatable bonds is 4. The molecule has 3 aromatic rings. The first kappa shape index (κ1) is 19.2. The minimum Gasteiger partial charge on any atom is -0.368 e. The van der Waals surface area contributed by atoms with Gasteiger partial charge in [0.1, 0.15) is 16.2 Å². The summed E-state index contributed by atoms with van der Waals surface area (Å²) in [5.41, 5.74) is 2.45. The van der Waals surface area contributed by atoms with Crippen LogP contribution in [0, 0.1) is 13.8 Å². The molecule has 0 saturated carbocycles. The molecular weight excluding hydrogens is 388 g/mol. The summed E-state index contributed by atoms with van der Waals surface area (Å²) in [5.74, 6) is 0.189. The Balaban J connectivity index is 1.42. The van der Waals surface area contributed by atoms with Crippen molar-refractivity contribution in [3.63, 3.8) is 0 Å². The Morgan fingerprint density at radius 3 is 2.54 bits per heavy atom. The van der Waals surface area contributed by atoms with Crippen molar-refractivity contribution in [1.82, 2.24) is 14.9 Å². The monoisotopic (exact) mass is 412 g/mol. The number of carbonyl (C=O) groups excluding carboxylic acids is 1. The molecule has 1 saturated heterocycles. The first-order valence-corrected chi connectivity index (χ1v) is 11.2. The normalized spacial score (nSPS) is 15.8. The number of piperazine rings is 1. The Morgan fingerprint density at radius 1 is 1.11 bits per heavy atom. The van der Waals surface area contributed by atoms with Gasteiger partial charge in [-0.15, -0.1) is 11.3 Å². The minimum absolute atomic E-state index is 0.166. The highest BCUT2D eigenvalue weighted by atomic mass is 32.2. The molecule has 146 valence electrons. The molecule has 2 aromatic heterocycles. The number of para-hydroxylation sites is 1. The lowest BCUT2D eigenvalue weighted by Crippen LogP contribution is -2.50. The SMILES string of the molecule is Cc1sc2ncnc(S[C@H](C)C(=O)N3CCN(c4ccccc4)CC3)c2c1C. The number of aromatic nitrogens is 2. The number of nitrogens with zero attached hydrogens (tertiary/aromatic N) is 4. The fraction of sp³-hybridized carbons (Fsp3) is 0.381. The second-order valence-corrected chi connectivity index (χ2v) is 9.58. The molecule has 4 rings (SSSR count). The average Bonchev–Trinajstić information content (AvgIpc) is 3.03. The molecule has 1 atom stereocenters. The first-order chi connectivity index (χ1) is 13.5. The summed E-state index contributed by atoms with van der Waals surface area (Å²) < 4.78 is 0. The number of thiophene rings is 1. The van der Waals surface area contributed by atoms with Crippen LogP contribution in [0.5, 0.6) is 0 Å². The summed E-state index contributed by atoms with van der Waals surface area (Å²) in [7, 11) is 0. The topological polar surface area (TPSA) is 49.3 Å². The fourth-order valence-electron chi connectivity index (χ4n) is 3.54. The zero-order valence-electron chi connectivity index (χ0n) is 16.4. The van der Waals surface area contributed by atoms with Crippen LogP contribution < -0.4 is 4.90 Å². The van der Waals surface area contributed by atoms with E-state index in [0.717, 1.165) is 41.4 Å². The molecule has 0 N–H and O–H groups in total. The minimum atomic E-state index is -0.166. The number of hydrogen-bond donors (Lipinski definition) is 0. The fourth-order valence-corrected chi connectivity index (χ4v) is 5.66. The molecule has 1 aliphatic rings. The van der Waals surface area contributed by atoms with Gasteiger partial charge in [0.25, 0.3) is 0 Å². The smallest absolute Gasteiger partial charge is 0.235 e. The highest BCUT2D eigenvalue weighted by Gasteiger charge is 2.27. The van der Waals surface area contributed by atoms with Gasteiger partial charge in [0.2, 0.25) is 5.91 Å². The number of thioether (sulfide) groups is 1. The molecule has 1 fully saturated rings. The maximum atomic E-state index is 13.0. The third-order valence-corrected chi connectivity index (χ3v) is 7.48. The van der Waals surface area contributed by atoms with E-state index < -0.39 is 0 Å². The van der Waals surface area contributed by atoms with E-state index in [-0.39, 0.29) is 11.2 Å². The van der Waals surface area contributed by atoms with Crippen molar-refractivity contribution in [2.24, 2.45) is 0 Å². The van der Waals surface area contributed by atoms with Gasteiger partial charge in [-0.1, -0.05) is 30.0 Å². The quantitative estimate of drug-likeness (QED) is 0.476. The van der Waals surface area contributed by atoms with Crippen molar-refractivity contribution in [3.8, 4) is 0 Å². The summed E-state index contributed by atoms with van der Waals surface area (Å²) in [5, 5.41) is 1.85. The number of hydrogen-bond acceptors (Lipinski definition) is 6. The van der Waals surface area contributed by atoms with Gasteiger partial charge < -0.3 is 9.80 Å². The van der Waals surface area contributed by atoms with Gasteiger partial charge in [-0.2, -0.15) is 0 Å². The number of carbonyl (C=O) groups is 1. The Bertz CT molecular complexity index is 981. The predicted molar refractivity (Wildman–Crippen MR) is 117 cm³/mol. The molecule has 1 amide bonds. The number of anilines is 1. The van der Waals surface area contributed by atoms with E-state index in [2.05, 4.69) is 53.0 Å². The molecule has 5 nitrogen and oxygen atoms in total. The van der Waals surface area contributed by atoms with Crippen molar-refractivity contribution in [2.75, 3.05) is 31.1 Å². The van der Waals surface area contributed by atoms with Crippen molar-refractivity contribution >= 4 is 44.9 Å². The summed E-state index contributed by atoms with van der Waals surface area (Å²) >= 11 is 3.24. The molecule has 1 aromatic carbocycles. The number of amides is 1. The van der Waals surface area contributed by atoms with Crippen LogP contribution >= 0.6 is 23.1 Å². The second-order valence-electron chi connectivity index (χ2n) is 7.05. The number of fused-ring (bicyclic) bond motifs is 1. The largest absolute Gasteiger partial charge is 0.368 e. The van der Waals surface area contributed by atoms with E-state index in [1.807, 2.05) is 17.9 Å². The van der Waals surface area contributed by atoms with Crippen LogP contribution in [-0.4, -0.2) is 52.2 Å². The van der Waals surface area contributed by atoms with Crippen LogP contribution in [0.25, 0.3) is 10.2 Å². The Hall–Kier alpha value is -2.12. The van der Waals surface area contributed by atoms with Crippen LogP contribution in [0.3, 0.4) is 0 Å². The lowest BCUT2D eigenvalue weighted by Gasteiger charge is -2.37. The van der Waals surface area contributed by atoms with Gasteiger partial charge in [0.15, 0.2) is 0 Å². The third kappa shape index (κ3) is 3.73. The van der Waals surface area contributed by atoms with Crippen molar-refractivity contribution in [2.45, 2.75) is 31.0 Å². The van der Waals surface area contributed by atoms with Gasteiger partial charge in [-0.05, 0) is 38.5 Å². The van der Waals surface area contributed by atoms with Gasteiger partial charge >= 0.3 is 0 Å². The van der Waals surface area contributed by atoms with Gasteiger partial charge in [0, 0.05) is 42.1 Å². The Labute approximate surface area is 173 Å². The van der Waals surface area contributed by atoms with E-state index in [4.69, 9.17) is 0 Å². The van der Waals surface area contributed by atoms with Crippen LogP contribution in [0.2, 0.25) is 0 Å². The predicted octanol–water partition coefficient (Wildman–Crippen LogP) is 4.14. The molecule has 0 bridgehead atoms. The van der Waals surface area contributed by atoms with Crippen LogP contribution in [0.15, 0.2) is 41.7 Å². The molecule has 0 radical (unpaired) electrons. The van der Waals surface area contributed by atoms with Gasteiger partial charge in [-0.3, -0.25) is 4.79 Å². The van der Waals surface area contributed by atoms with Crippen molar-refractivity contribution in [3.05, 3.63) is 47.1 Å². The molecule has 0 aliphatic carbocycles. The zero-order valence-corrected chi connectivity index (χ0v) is 18.0. The molecule has 1 aliphatic heterocycles. The Morgan fingerprint density at radius 2 is 1.82 bits per heavy atom. The summed E-state index contributed by atoms with van der Waals surface area (Å²) in [4.78, 5) is 28.5. The molecule has 28 heavy (non-hydrogen) atoms. The summed E-state index contributed by atoms with van der Waals surface area (Å²) in [6.45, 7) is 9.46. The van der Waals surface area contributed by atoms with Crippen LogP contribution in [0.4, 0.5) is 5.69 Å².